The SMILES string of the molecule is CCCN(CCC)C(=O)C1=CC(C)=CC(C(N)=O)([C@H](Cc2cc(F)cc(F)c2)[C@@H](O)CNCc2cnnc(CC)c2)C1. The van der Waals surface area contributed by atoms with Crippen LogP contribution in [0.5, 0.6) is 0 Å². The molecule has 0 saturated carbocycles. The first-order valence-electron chi connectivity index (χ1n) is 14.7. The summed E-state index contributed by atoms with van der Waals surface area (Å²) in [4.78, 5) is 28.8. The summed E-state index contributed by atoms with van der Waals surface area (Å²) in [6, 6.07) is 5.06. The number of hydrogen-bond acceptors (Lipinski definition) is 6. The molecule has 0 bridgehead atoms. The molecule has 1 aromatic heterocycles. The van der Waals surface area contributed by atoms with E-state index >= 15 is 0 Å². The molecule has 1 aliphatic rings. The molecule has 0 spiro atoms. The quantitative estimate of drug-likeness (QED) is 0.291. The average molecular weight is 584 g/mol. The first kappa shape index (κ1) is 33.0. The summed E-state index contributed by atoms with van der Waals surface area (Å²) >= 11 is 0. The number of nitrogens with two attached hydrogens (primary N) is 1. The number of halogens is 2. The Bertz CT molecular complexity index is 1290. The van der Waals surface area contributed by atoms with Crippen LogP contribution in [0, 0.1) is 23.0 Å². The van der Waals surface area contributed by atoms with Crippen LogP contribution in [0.1, 0.15) is 63.8 Å². The van der Waals surface area contributed by atoms with Gasteiger partial charge >= 0.3 is 0 Å². The maximum absolute atomic E-state index is 14.2. The molecule has 228 valence electrons. The van der Waals surface area contributed by atoms with E-state index in [2.05, 4.69) is 15.5 Å². The Balaban J connectivity index is 1.98. The topological polar surface area (TPSA) is 121 Å². The normalized spacial score (nSPS) is 18.2. The fourth-order valence-corrected chi connectivity index (χ4v) is 5.79. The lowest BCUT2D eigenvalue weighted by atomic mass is 9.63. The molecule has 1 heterocycles. The minimum Gasteiger partial charge on any atom is -0.391 e. The van der Waals surface area contributed by atoms with Gasteiger partial charge in [-0.15, -0.1) is 0 Å². The van der Waals surface area contributed by atoms with E-state index in [-0.39, 0.29) is 30.9 Å². The molecule has 8 nitrogen and oxygen atoms in total. The maximum atomic E-state index is 14.2. The second kappa shape index (κ2) is 15.1. The number of nitrogens with one attached hydrogen (secondary N) is 1. The molecule has 42 heavy (non-hydrogen) atoms. The van der Waals surface area contributed by atoms with Crippen LogP contribution in [-0.4, -0.2) is 57.8 Å². The van der Waals surface area contributed by atoms with Gasteiger partial charge < -0.3 is 21.1 Å². The number of nitrogens with zero attached hydrogens (tertiary/aromatic N) is 3. The molecule has 0 radical (unpaired) electrons. The number of allylic oxidation sites excluding steroid dienone is 2. The van der Waals surface area contributed by atoms with Crippen molar-refractivity contribution in [2.75, 3.05) is 19.6 Å². The van der Waals surface area contributed by atoms with Crippen molar-refractivity contribution in [3.63, 3.8) is 0 Å². The van der Waals surface area contributed by atoms with Crippen LogP contribution in [0.25, 0.3) is 0 Å². The van der Waals surface area contributed by atoms with E-state index in [1.54, 1.807) is 30.2 Å². The lowest BCUT2D eigenvalue weighted by molar-refractivity contribution is -0.132. The third kappa shape index (κ3) is 8.29. The molecule has 1 aromatic carbocycles. The zero-order chi connectivity index (χ0) is 30.9. The van der Waals surface area contributed by atoms with Crippen molar-refractivity contribution in [3.8, 4) is 0 Å². The van der Waals surface area contributed by atoms with Crippen LogP contribution in [0.15, 0.2) is 53.8 Å². The number of carbonyl (C=O) groups is 2. The van der Waals surface area contributed by atoms with Crippen LogP contribution >= 0.6 is 0 Å². The number of carbonyl (C=O) groups excluding carboxylic acids is 2. The van der Waals surface area contributed by atoms with Gasteiger partial charge in [0, 0.05) is 43.7 Å². The average Bonchev–Trinajstić information content (AvgIpc) is 2.94. The lowest BCUT2D eigenvalue weighted by Gasteiger charge is -2.42. The van der Waals surface area contributed by atoms with Gasteiger partial charge in [-0.3, -0.25) is 9.59 Å². The summed E-state index contributed by atoms with van der Waals surface area (Å²) in [7, 11) is 0. The fourth-order valence-electron chi connectivity index (χ4n) is 5.79. The summed E-state index contributed by atoms with van der Waals surface area (Å²) < 4.78 is 28.4. The van der Waals surface area contributed by atoms with Crippen LogP contribution < -0.4 is 11.1 Å². The van der Waals surface area contributed by atoms with Gasteiger partial charge in [-0.25, -0.2) is 8.78 Å². The Morgan fingerprint density at radius 1 is 1.10 bits per heavy atom. The van der Waals surface area contributed by atoms with Crippen molar-refractivity contribution in [1.82, 2.24) is 20.4 Å². The molecule has 2 aromatic rings. The second-order valence-electron chi connectivity index (χ2n) is 11.1. The minimum absolute atomic E-state index is 0.0317. The Morgan fingerprint density at radius 2 is 1.76 bits per heavy atom. The molecule has 4 N–H and O–H groups in total. The van der Waals surface area contributed by atoms with E-state index in [0.717, 1.165) is 36.6 Å². The summed E-state index contributed by atoms with van der Waals surface area (Å²) in [6.07, 6.45) is 6.12. The molecule has 1 aliphatic carbocycles. The highest BCUT2D eigenvalue weighted by Gasteiger charge is 2.48. The van der Waals surface area contributed by atoms with Crippen molar-refractivity contribution in [1.29, 1.82) is 0 Å². The standard InChI is InChI=1S/C32H43F2N5O3/c1-5-8-39(9-6-2)30(41)24-10-21(4)16-32(17-24,31(35)42)28(14-22-11-25(33)15-26(34)12-22)29(40)20-36-18-23-13-27(7-3)38-37-19-23/h10-13,15-16,19,28-29,36,40H,5-9,14,17-18,20H2,1-4H3,(H2,35,42)/t28-,29+,32?/m1/s1. The van der Waals surface area contributed by atoms with Crippen LogP contribution in [0.3, 0.4) is 0 Å². The third-order valence-corrected chi connectivity index (χ3v) is 7.69. The Labute approximate surface area is 247 Å². The molecule has 10 heteroatoms. The first-order valence-corrected chi connectivity index (χ1v) is 14.7. The number of hydrogen-bond donors (Lipinski definition) is 3. The molecular weight excluding hydrogens is 540 g/mol. The number of rotatable bonds is 15. The first-order chi connectivity index (χ1) is 20.0. The molecule has 0 aliphatic heterocycles. The summed E-state index contributed by atoms with van der Waals surface area (Å²) in [5, 5.41) is 22.9. The van der Waals surface area contributed by atoms with E-state index in [0.29, 0.717) is 30.8 Å². The van der Waals surface area contributed by atoms with E-state index in [1.165, 1.54) is 12.1 Å². The highest BCUT2D eigenvalue weighted by atomic mass is 19.1. The predicted molar refractivity (Wildman–Crippen MR) is 158 cm³/mol. The molecular formula is C32H43F2N5O3. The number of aromatic nitrogens is 2. The minimum atomic E-state index is -1.48. The molecule has 2 amide bonds. The van der Waals surface area contributed by atoms with Crippen molar-refractivity contribution < 1.29 is 23.5 Å². The van der Waals surface area contributed by atoms with Gasteiger partial charge in [0.2, 0.25) is 11.8 Å². The number of primary amides is 1. The van der Waals surface area contributed by atoms with Crippen molar-refractivity contribution in [2.24, 2.45) is 17.1 Å². The van der Waals surface area contributed by atoms with Crippen LogP contribution in [0.4, 0.5) is 8.78 Å². The largest absolute Gasteiger partial charge is 0.391 e. The maximum Gasteiger partial charge on any atom is 0.249 e. The second-order valence-corrected chi connectivity index (χ2v) is 11.1. The summed E-state index contributed by atoms with van der Waals surface area (Å²) in [5.41, 5.74) is 7.67. The zero-order valence-electron chi connectivity index (χ0n) is 25.0. The van der Waals surface area contributed by atoms with Gasteiger partial charge in [0.1, 0.15) is 11.6 Å². The molecule has 0 saturated heterocycles. The number of aliphatic hydroxyl groups excluding tert-OH is 1. The van der Waals surface area contributed by atoms with Crippen molar-refractivity contribution in [2.45, 2.75) is 72.4 Å². The molecule has 3 atom stereocenters. The molecule has 1 unspecified atom stereocenters. The van der Waals surface area contributed by atoms with Gasteiger partial charge in [-0.1, -0.05) is 38.5 Å². The molecule has 3 rings (SSSR count). The third-order valence-electron chi connectivity index (χ3n) is 7.69. The van der Waals surface area contributed by atoms with Gasteiger partial charge in [0.15, 0.2) is 0 Å². The number of aryl methyl sites for hydroxylation is 1. The highest BCUT2D eigenvalue weighted by Crippen LogP contribution is 2.44. The smallest absolute Gasteiger partial charge is 0.249 e. The van der Waals surface area contributed by atoms with Gasteiger partial charge in [0.05, 0.1) is 23.4 Å². The lowest BCUT2D eigenvalue weighted by Crippen LogP contribution is -2.51. The number of benzene rings is 1. The number of aliphatic hydroxyl groups is 1. The Kier molecular flexibility index (Phi) is 11.9. The van der Waals surface area contributed by atoms with E-state index in [9.17, 15) is 23.5 Å². The highest BCUT2D eigenvalue weighted by molar-refractivity contribution is 5.96. The van der Waals surface area contributed by atoms with Crippen LogP contribution in [0.2, 0.25) is 0 Å². The summed E-state index contributed by atoms with van der Waals surface area (Å²) in [6.45, 7) is 9.31. The molecule has 0 fully saturated rings. The van der Waals surface area contributed by atoms with Crippen LogP contribution in [-0.2, 0) is 29.0 Å². The fraction of sp³-hybridized carbons (Fsp3) is 0.500. The Morgan fingerprint density at radius 3 is 2.36 bits per heavy atom. The Hall–Kier alpha value is -3.50. The van der Waals surface area contributed by atoms with E-state index < -0.39 is 35.0 Å². The van der Waals surface area contributed by atoms with Crippen molar-refractivity contribution in [3.05, 3.63) is 82.2 Å². The predicted octanol–water partition coefficient (Wildman–Crippen LogP) is 4.02. The van der Waals surface area contributed by atoms with Gasteiger partial charge in [0.25, 0.3) is 0 Å². The van der Waals surface area contributed by atoms with Gasteiger partial charge in [-0.2, -0.15) is 10.2 Å². The van der Waals surface area contributed by atoms with E-state index in [1.807, 2.05) is 26.8 Å². The monoisotopic (exact) mass is 583 g/mol. The van der Waals surface area contributed by atoms with Gasteiger partial charge in [-0.05, 0) is 68.4 Å². The summed E-state index contributed by atoms with van der Waals surface area (Å²) in [5.74, 6) is -3.33. The van der Waals surface area contributed by atoms with Crippen molar-refractivity contribution >= 4 is 11.8 Å². The van der Waals surface area contributed by atoms with E-state index in [4.69, 9.17) is 5.73 Å². The number of amides is 2. The zero-order valence-corrected chi connectivity index (χ0v) is 25.0.